The Morgan fingerprint density at radius 3 is 2.05 bits per heavy atom. The van der Waals surface area contributed by atoms with Crippen molar-refractivity contribution in [2.24, 2.45) is 0 Å². The zero-order valence-corrected chi connectivity index (χ0v) is 12.8. The van der Waals surface area contributed by atoms with Crippen molar-refractivity contribution in [1.29, 1.82) is 0 Å². The van der Waals surface area contributed by atoms with Crippen molar-refractivity contribution in [3.8, 4) is 0 Å². The average Bonchev–Trinajstić information content (AvgIpc) is 2.46. The van der Waals surface area contributed by atoms with Gasteiger partial charge in [-0.25, -0.2) is 13.8 Å². The van der Waals surface area contributed by atoms with Crippen LogP contribution >= 0.6 is 0 Å². The first-order chi connectivity index (χ1) is 9.51. The quantitative estimate of drug-likeness (QED) is 0.735. The molecule has 20 heavy (non-hydrogen) atoms. The van der Waals surface area contributed by atoms with E-state index < -0.39 is 11.6 Å². The van der Waals surface area contributed by atoms with Crippen LogP contribution in [0.15, 0.2) is 6.07 Å². The van der Waals surface area contributed by atoms with Crippen LogP contribution < -0.4 is 10.6 Å². The Balaban J connectivity index is 3.04. The lowest BCUT2D eigenvalue weighted by molar-refractivity contribution is 0.415. The zero-order chi connectivity index (χ0) is 15.2. The minimum Gasteiger partial charge on any atom is -0.368 e. The van der Waals surface area contributed by atoms with E-state index in [1.54, 1.807) is 0 Å². The van der Waals surface area contributed by atoms with E-state index in [0.29, 0.717) is 6.54 Å². The summed E-state index contributed by atoms with van der Waals surface area (Å²) in [4.78, 5) is 4.07. The standard InChI is InChI=1S/C15H25F2N3/c1-5-9-18-13-11(16)10-12(17)14(19-13)20-15(6-2,7-3)8-4/h10H,5-9H2,1-4H3,(H2,18,19,20). The van der Waals surface area contributed by atoms with E-state index in [1.807, 2.05) is 6.92 Å². The highest BCUT2D eigenvalue weighted by Gasteiger charge is 2.26. The van der Waals surface area contributed by atoms with Gasteiger partial charge < -0.3 is 10.6 Å². The molecule has 2 N–H and O–H groups in total. The SMILES string of the molecule is CCCNc1nc(NC(CC)(CC)CC)c(F)cc1F. The molecule has 0 aliphatic heterocycles. The van der Waals surface area contributed by atoms with Gasteiger partial charge in [-0.1, -0.05) is 27.7 Å². The van der Waals surface area contributed by atoms with E-state index in [4.69, 9.17) is 0 Å². The molecule has 0 saturated carbocycles. The maximum absolute atomic E-state index is 13.9. The third-order valence-corrected chi connectivity index (χ3v) is 3.89. The summed E-state index contributed by atoms with van der Waals surface area (Å²) in [7, 11) is 0. The van der Waals surface area contributed by atoms with Crippen LogP contribution in [0.4, 0.5) is 20.4 Å². The molecule has 0 radical (unpaired) electrons. The summed E-state index contributed by atoms with van der Waals surface area (Å²) in [6.45, 7) is 8.74. The fourth-order valence-corrected chi connectivity index (χ4v) is 2.19. The van der Waals surface area contributed by atoms with E-state index >= 15 is 0 Å². The zero-order valence-electron chi connectivity index (χ0n) is 12.8. The minimum absolute atomic E-state index is 0.105. The van der Waals surface area contributed by atoms with Crippen LogP contribution in [0.5, 0.6) is 0 Å². The van der Waals surface area contributed by atoms with E-state index in [9.17, 15) is 8.78 Å². The minimum atomic E-state index is -0.656. The van der Waals surface area contributed by atoms with E-state index in [0.717, 1.165) is 31.7 Å². The van der Waals surface area contributed by atoms with Crippen molar-refractivity contribution in [3.05, 3.63) is 17.7 Å². The molecule has 0 aliphatic rings. The summed E-state index contributed by atoms with van der Waals surface area (Å²) in [6.07, 6.45) is 3.42. The molecule has 114 valence electrons. The Bertz CT molecular complexity index is 423. The summed E-state index contributed by atoms with van der Waals surface area (Å²) in [5, 5.41) is 6.04. The fourth-order valence-electron chi connectivity index (χ4n) is 2.19. The van der Waals surface area contributed by atoms with Crippen LogP contribution in [-0.2, 0) is 0 Å². The molecule has 1 aromatic heterocycles. The van der Waals surface area contributed by atoms with E-state index in [2.05, 4.69) is 36.4 Å². The van der Waals surface area contributed by atoms with Gasteiger partial charge in [-0.05, 0) is 25.7 Å². The normalized spacial score (nSPS) is 11.5. The third-order valence-electron chi connectivity index (χ3n) is 3.89. The first-order valence-electron chi connectivity index (χ1n) is 7.40. The van der Waals surface area contributed by atoms with Gasteiger partial charge in [0.2, 0.25) is 0 Å². The summed E-state index contributed by atoms with van der Waals surface area (Å²) in [5.41, 5.74) is -0.201. The summed E-state index contributed by atoms with van der Waals surface area (Å²) in [6, 6.07) is 0.888. The summed E-state index contributed by atoms with van der Waals surface area (Å²) >= 11 is 0. The number of rotatable bonds is 8. The van der Waals surface area contributed by atoms with Gasteiger partial charge in [0.1, 0.15) is 0 Å². The smallest absolute Gasteiger partial charge is 0.168 e. The van der Waals surface area contributed by atoms with Crippen molar-refractivity contribution in [2.75, 3.05) is 17.2 Å². The topological polar surface area (TPSA) is 37.0 Å². The third kappa shape index (κ3) is 3.81. The van der Waals surface area contributed by atoms with Crippen molar-refractivity contribution in [1.82, 2.24) is 4.98 Å². The Hall–Kier alpha value is -1.39. The molecule has 1 aromatic rings. The average molecular weight is 285 g/mol. The van der Waals surface area contributed by atoms with Gasteiger partial charge in [0.25, 0.3) is 0 Å². The highest BCUT2D eigenvalue weighted by molar-refractivity contribution is 5.49. The van der Waals surface area contributed by atoms with Gasteiger partial charge in [-0.3, -0.25) is 0 Å². The van der Waals surface area contributed by atoms with E-state index in [1.165, 1.54) is 0 Å². The lowest BCUT2D eigenvalue weighted by atomic mass is 9.90. The Kier molecular flexibility index (Phi) is 6.17. The second-order valence-corrected chi connectivity index (χ2v) is 5.04. The second kappa shape index (κ2) is 7.41. The van der Waals surface area contributed by atoms with Crippen molar-refractivity contribution < 1.29 is 8.78 Å². The lowest BCUT2D eigenvalue weighted by Gasteiger charge is -2.32. The molecule has 5 heteroatoms. The second-order valence-electron chi connectivity index (χ2n) is 5.04. The number of hydrogen-bond acceptors (Lipinski definition) is 3. The molecule has 0 bridgehead atoms. The number of anilines is 2. The number of hydrogen-bond donors (Lipinski definition) is 2. The lowest BCUT2D eigenvalue weighted by Crippen LogP contribution is -2.37. The number of nitrogens with zero attached hydrogens (tertiary/aromatic N) is 1. The van der Waals surface area contributed by atoms with Crippen LogP contribution in [0.3, 0.4) is 0 Å². The molecule has 0 amide bonds. The predicted molar refractivity (Wildman–Crippen MR) is 80.2 cm³/mol. The Morgan fingerprint density at radius 2 is 1.55 bits per heavy atom. The number of aromatic nitrogens is 1. The Labute approximate surface area is 120 Å². The van der Waals surface area contributed by atoms with Gasteiger partial charge in [-0.2, -0.15) is 0 Å². The summed E-state index contributed by atoms with van der Waals surface area (Å²) < 4.78 is 27.5. The van der Waals surface area contributed by atoms with Crippen LogP contribution in [0.1, 0.15) is 53.4 Å². The molecule has 1 heterocycles. The molecule has 0 saturated heterocycles. The van der Waals surface area contributed by atoms with Crippen molar-refractivity contribution >= 4 is 11.6 Å². The molecular weight excluding hydrogens is 260 g/mol. The molecule has 0 aliphatic carbocycles. The largest absolute Gasteiger partial charge is 0.368 e. The van der Waals surface area contributed by atoms with E-state index in [-0.39, 0.29) is 17.2 Å². The first kappa shape index (κ1) is 16.7. The summed E-state index contributed by atoms with van der Waals surface area (Å²) in [5.74, 6) is -1.08. The maximum Gasteiger partial charge on any atom is 0.168 e. The van der Waals surface area contributed by atoms with Crippen LogP contribution in [0, 0.1) is 11.6 Å². The number of nitrogens with one attached hydrogen (secondary N) is 2. The molecule has 0 atom stereocenters. The molecule has 0 unspecified atom stereocenters. The maximum atomic E-state index is 13.9. The highest BCUT2D eigenvalue weighted by atomic mass is 19.1. The first-order valence-corrected chi connectivity index (χ1v) is 7.40. The van der Waals surface area contributed by atoms with Gasteiger partial charge in [-0.15, -0.1) is 0 Å². The van der Waals surface area contributed by atoms with Gasteiger partial charge >= 0.3 is 0 Å². The molecule has 3 nitrogen and oxygen atoms in total. The highest BCUT2D eigenvalue weighted by Crippen LogP contribution is 2.27. The van der Waals surface area contributed by atoms with Crippen molar-refractivity contribution in [3.63, 3.8) is 0 Å². The van der Waals surface area contributed by atoms with Crippen molar-refractivity contribution in [2.45, 2.75) is 58.9 Å². The fraction of sp³-hybridized carbons (Fsp3) is 0.667. The van der Waals surface area contributed by atoms with Crippen LogP contribution in [0.2, 0.25) is 0 Å². The molecule has 0 fully saturated rings. The molecule has 1 rings (SSSR count). The monoisotopic (exact) mass is 285 g/mol. The van der Waals surface area contributed by atoms with Gasteiger partial charge in [0.05, 0.1) is 0 Å². The molecule has 0 aromatic carbocycles. The molecule has 0 spiro atoms. The number of pyridine rings is 1. The van der Waals surface area contributed by atoms with Gasteiger partial charge in [0.15, 0.2) is 23.3 Å². The molecular formula is C15H25F2N3. The van der Waals surface area contributed by atoms with Gasteiger partial charge in [0, 0.05) is 18.2 Å². The Morgan fingerprint density at radius 1 is 1.00 bits per heavy atom. The predicted octanol–water partition coefficient (Wildman–Crippen LogP) is 4.56. The number of halogens is 2. The van der Waals surface area contributed by atoms with Crippen LogP contribution in [-0.4, -0.2) is 17.1 Å². The van der Waals surface area contributed by atoms with Crippen LogP contribution in [0.25, 0.3) is 0 Å².